The number of hydrogen-bond donors (Lipinski definition) is 0. The highest BCUT2D eigenvalue weighted by molar-refractivity contribution is 4.88. The lowest BCUT2D eigenvalue weighted by atomic mass is 9.89. The molecule has 1 saturated carbocycles. The van der Waals surface area contributed by atoms with E-state index in [1.807, 2.05) is 0 Å². The highest BCUT2D eigenvalue weighted by Crippen LogP contribution is 2.32. The van der Waals surface area contributed by atoms with E-state index >= 15 is 0 Å². The van der Waals surface area contributed by atoms with Gasteiger partial charge in [0, 0.05) is 11.6 Å². The van der Waals surface area contributed by atoms with Gasteiger partial charge in [-0.05, 0) is 39.7 Å². The van der Waals surface area contributed by atoms with Gasteiger partial charge in [0.2, 0.25) is 0 Å². The molecule has 1 nitrogen and oxygen atoms in total. The molecule has 1 heteroatoms. The smallest absolute Gasteiger partial charge is 0.0178 e. The van der Waals surface area contributed by atoms with Crippen molar-refractivity contribution in [2.24, 2.45) is 0 Å². The molecule has 0 aromatic carbocycles. The van der Waals surface area contributed by atoms with Crippen molar-refractivity contribution in [3.8, 4) is 0 Å². The lowest BCUT2D eigenvalue weighted by Gasteiger charge is -2.42. The SMILES string of the molecule is CCCC(C)(CC)N(C)C1CCCC1. The van der Waals surface area contributed by atoms with Gasteiger partial charge in [0.25, 0.3) is 0 Å². The summed E-state index contributed by atoms with van der Waals surface area (Å²) in [6, 6.07) is 0.867. The van der Waals surface area contributed by atoms with Gasteiger partial charge in [-0.2, -0.15) is 0 Å². The number of nitrogens with zero attached hydrogens (tertiary/aromatic N) is 1. The van der Waals surface area contributed by atoms with E-state index in [1.54, 1.807) is 0 Å². The second kappa shape index (κ2) is 5.16. The summed E-state index contributed by atoms with van der Waals surface area (Å²) in [5.41, 5.74) is 0.448. The average Bonchev–Trinajstić information content (AvgIpc) is 2.69. The van der Waals surface area contributed by atoms with Gasteiger partial charge >= 0.3 is 0 Å². The van der Waals surface area contributed by atoms with Crippen LogP contribution in [0, 0.1) is 0 Å². The zero-order valence-corrected chi connectivity index (χ0v) is 10.5. The van der Waals surface area contributed by atoms with Gasteiger partial charge in [0.15, 0.2) is 0 Å². The highest BCUT2D eigenvalue weighted by atomic mass is 15.2. The summed E-state index contributed by atoms with van der Waals surface area (Å²) in [4.78, 5) is 2.67. The first-order valence-electron chi connectivity index (χ1n) is 6.37. The van der Waals surface area contributed by atoms with E-state index in [1.165, 1.54) is 44.9 Å². The van der Waals surface area contributed by atoms with Crippen LogP contribution in [0.1, 0.15) is 65.7 Å². The van der Waals surface area contributed by atoms with Crippen LogP contribution >= 0.6 is 0 Å². The average molecular weight is 197 g/mol. The molecule has 1 atom stereocenters. The van der Waals surface area contributed by atoms with E-state index in [-0.39, 0.29) is 0 Å². The predicted molar refractivity (Wildman–Crippen MR) is 63.6 cm³/mol. The molecule has 0 bridgehead atoms. The highest BCUT2D eigenvalue weighted by Gasteiger charge is 2.32. The van der Waals surface area contributed by atoms with Gasteiger partial charge in [-0.25, -0.2) is 0 Å². The molecule has 14 heavy (non-hydrogen) atoms. The molecule has 1 aliphatic carbocycles. The Bertz CT molecular complexity index is 161. The summed E-state index contributed by atoms with van der Waals surface area (Å²) in [7, 11) is 2.34. The molecule has 0 saturated heterocycles. The lowest BCUT2D eigenvalue weighted by molar-refractivity contribution is 0.0751. The summed E-state index contributed by atoms with van der Waals surface area (Å²) >= 11 is 0. The van der Waals surface area contributed by atoms with Crippen molar-refractivity contribution in [1.29, 1.82) is 0 Å². The van der Waals surface area contributed by atoms with Crippen LogP contribution in [0.4, 0.5) is 0 Å². The second-order valence-corrected chi connectivity index (χ2v) is 5.15. The first kappa shape index (κ1) is 12.0. The maximum atomic E-state index is 2.67. The van der Waals surface area contributed by atoms with Crippen LogP contribution < -0.4 is 0 Å². The third kappa shape index (κ3) is 2.50. The zero-order chi connectivity index (χ0) is 10.6. The molecule has 1 aliphatic rings. The van der Waals surface area contributed by atoms with E-state index in [9.17, 15) is 0 Å². The molecule has 0 aromatic heterocycles. The molecule has 1 unspecified atom stereocenters. The van der Waals surface area contributed by atoms with Crippen LogP contribution in [0.3, 0.4) is 0 Å². The van der Waals surface area contributed by atoms with Crippen molar-refractivity contribution in [3.63, 3.8) is 0 Å². The standard InChI is InChI=1S/C13H27N/c1-5-11-13(3,6-2)14(4)12-9-7-8-10-12/h12H,5-11H2,1-4H3. The van der Waals surface area contributed by atoms with E-state index in [4.69, 9.17) is 0 Å². The Morgan fingerprint density at radius 1 is 1.21 bits per heavy atom. The summed E-state index contributed by atoms with van der Waals surface area (Å²) in [6.07, 6.45) is 9.68. The van der Waals surface area contributed by atoms with Crippen LogP contribution in [0.2, 0.25) is 0 Å². The summed E-state index contributed by atoms with van der Waals surface area (Å²) < 4.78 is 0. The predicted octanol–water partition coefficient (Wildman–Crippen LogP) is 3.83. The maximum Gasteiger partial charge on any atom is 0.0178 e. The fourth-order valence-corrected chi connectivity index (χ4v) is 2.87. The molecule has 0 aromatic rings. The van der Waals surface area contributed by atoms with Crippen molar-refractivity contribution in [2.75, 3.05) is 7.05 Å². The number of rotatable bonds is 5. The molecule has 0 spiro atoms. The zero-order valence-electron chi connectivity index (χ0n) is 10.5. The van der Waals surface area contributed by atoms with Gasteiger partial charge in [0.1, 0.15) is 0 Å². The monoisotopic (exact) mass is 197 g/mol. The van der Waals surface area contributed by atoms with E-state index in [0.717, 1.165) is 6.04 Å². The van der Waals surface area contributed by atoms with Crippen LogP contribution in [-0.2, 0) is 0 Å². The minimum Gasteiger partial charge on any atom is -0.298 e. The van der Waals surface area contributed by atoms with E-state index < -0.39 is 0 Å². The quantitative estimate of drug-likeness (QED) is 0.647. The minimum atomic E-state index is 0.448. The molecule has 1 fully saturated rings. The molecule has 1 rings (SSSR count). The Labute approximate surface area is 89.9 Å². The van der Waals surface area contributed by atoms with Crippen LogP contribution in [0.25, 0.3) is 0 Å². The molecule has 0 radical (unpaired) electrons. The van der Waals surface area contributed by atoms with Crippen LogP contribution in [0.5, 0.6) is 0 Å². The first-order chi connectivity index (χ1) is 6.64. The molecule has 0 aliphatic heterocycles. The van der Waals surface area contributed by atoms with Crippen molar-refractivity contribution in [3.05, 3.63) is 0 Å². The van der Waals surface area contributed by atoms with Crippen molar-refractivity contribution < 1.29 is 0 Å². The maximum absolute atomic E-state index is 2.67. The third-order valence-electron chi connectivity index (χ3n) is 4.27. The first-order valence-corrected chi connectivity index (χ1v) is 6.37. The fraction of sp³-hybridized carbons (Fsp3) is 1.00. The van der Waals surface area contributed by atoms with Gasteiger partial charge in [-0.15, -0.1) is 0 Å². The van der Waals surface area contributed by atoms with E-state index in [0.29, 0.717) is 5.54 Å². The third-order valence-corrected chi connectivity index (χ3v) is 4.27. The summed E-state index contributed by atoms with van der Waals surface area (Å²) in [5, 5.41) is 0. The minimum absolute atomic E-state index is 0.448. The topological polar surface area (TPSA) is 3.24 Å². The molecule has 0 N–H and O–H groups in total. The van der Waals surface area contributed by atoms with Crippen LogP contribution in [-0.4, -0.2) is 23.5 Å². The van der Waals surface area contributed by atoms with Gasteiger partial charge in [0.05, 0.1) is 0 Å². The summed E-state index contributed by atoms with van der Waals surface area (Å²) in [6.45, 7) is 7.08. The normalized spacial score (nSPS) is 22.9. The van der Waals surface area contributed by atoms with Gasteiger partial charge in [-0.3, -0.25) is 4.90 Å². The molecular formula is C13H27N. The van der Waals surface area contributed by atoms with E-state index in [2.05, 4.69) is 32.7 Å². The van der Waals surface area contributed by atoms with Crippen molar-refractivity contribution in [1.82, 2.24) is 4.90 Å². The van der Waals surface area contributed by atoms with Gasteiger partial charge in [-0.1, -0.05) is 33.1 Å². The summed E-state index contributed by atoms with van der Waals surface area (Å²) in [5.74, 6) is 0. The molecule has 84 valence electrons. The van der Waals surface area contributed by atoms with Crippen LogP contribution in [0.15, 0.2) is 0 Å². The Balaban J connectivity index is 2.57. The second-order valence-electron chi connectivity index (χ2n) is 5.15. The molecule has 0 heterocycles. The fourth-order valence-electron chi connectivity index (χ4n) is 2.87. The lowest BCUT2D eigenvalue weighted by Crippen LogP contribution is -2.48. The Kier molecular flexibility index (Phi) is 4.43. The Hall–Kier alpha value is -0.0400. The Morgan fingerprint density at radius 3 is 2.21 bits per heavy atom. The van der Waals surface area contributed by atoms with Gasteiger partial charge < -0.3 is 0 Å². The number of hydrogen-bond acceptors (Lipinski definition) is 1. The molecular weight excluding hydrogens is 170 g/mol. The largest absolute Gasteiger partial charge is 0.298 e. The Morgan fingerprint density at radius 2 is 1.79 bits per heavy atom. The van der Waals surface area contributed by atoms with Crippen molar-refractivity contribution in [2.45, 2.75) is 77.3 Å². The molecule has 0 amide bonds. The van der Waals surface area contributed by atoms with Crippen molar-refractivity contribution >= 4 is 0 Å².